The molecule has 2 saturated heterocycles. The third-order valence-electron chi connectivity index (χ3n) is 8.46. The number of alkyl carbamates (subject to hydrolysis) is 2. The van der Waals surface area contributed by atoms with Crippen molar-refractivity contribution in [2.24, 2.45) is 5.92 Å². The van der Waals surface area contributed by atoms with Gasteiger partial charge in [0.25, 0.3) is 5.91 Å². The van der Waals surface area contributed by atoms with Gasteiger partial charge in [-0.1, -0.05) is 60.7 Å². The maximum Gasteiger partial charge on any atom is 0.408 e. The van der Waals surface area contributed by atoms with Gasteiger partial charge in [0, 0.05) is 12.1 Å². The van der Waals surface area contributed by atoms with Crippen LogP contribution < -0.4 is 21.3 Å². The first-order valence-corrected chi connectivity index (χ1v) is 19.7. The number of carboxylic acids is 1. The maximum atomic E-state index is 15.5. The van der Waals surface area contributed by atoms with Gasteiger partial charge >= 0.3 is 42.1 Å². The Balaban J connectivity index is 0.000000375. The summed E-state index contributed by atoms with van der Waals surface area (Å²) < 4.78 is 68.5. The van der Waals surface area contributed by atoms with Gasteiger partial charge < -0.3 is 25.2 Å². The second-order valence-corrected chi connectivity index (χ2v) is 16.8. The molecule has 4 rings (SSSR count). The number of carbonyl (C=O) groups excluding carboxylic acids is 9. The van der Waals surface area contributed by atoms with Crippen molar-refractivity contribution in [2.75, 3.05) is 0 Å². The van der Waals surface area contributed by atoms with Gasteiger partial charge in [0.2, 0.25) is 23.5 Å². The summed E-state index contributed by atoms with van der Waals surface area (Å²) in [5, 5.41) is 16.4. The van der Waals surface area contributed by atoms with Crippen molar-refractivity contribution in [3.63, 3.8) is 0 Å². The molecule has 0 radical (unpaired) electrons. The van der Waals surface area contributed by atoms with E-state index in [0.717, 1.165) is 4.90 Å². The van der Waals surface area contributed by atoms with Crippen LogP contribution in [-0.2, 0) is 38.2 Å². The number of carbonyl (C=O) groups is 10. The predicted molar refractivity (Wildman–Crippen MR) is 219 cm³/mol. The summed E-state index contributed by atoms with van der Waals surface area (Å²) in [5.41, 5.74) is -2.08. The molecule has 2 fully saturated rings. The largest absolute Gasteiger partial charge is 0.477 e. The molecule has 0 spiro atoms. The van der Waals surface area contributed by atoms with Gasteiger partial charge in [-0.2, -0.15) is 17.6 Å². The number of nitrogens with one attached hydrogen (secondary N) is 4. The Hall–Kier alpha value is -6.94. The van der Waals surface area contributed by atoms with Crippen LogP contribution in [-0.4, -0.2) is 110 Å². The highest BCUT2D eigenvalue weighted by Crippen LogP contribution is 2.36. The van der Waals surface area contributed by atoms with Crippen molar-refractivity contribution < 1.29 is 80.1 Å². The molecule has 0 saturated carbocycles. The number of alkyl halides is 4. The number of hydrogen-bond donors (Lipinski definition) is 5. The van der Waals surface area contributed by atoms with E-state index < -0.39 is 107 Å². The second kappa shape index (κ2) is 21.6. The van der Waals surface area contributed by atoms with Crippen LogP contribution in [0, 0.1) is 5.92 Å². The lowest BCUT2D eigenvalue weighted by atomic mass is 9.88. The van der Waals surface area contributed by atoms with E-state index >= 15 is 8.78 Å². The molecule has 65 heavy (non-hydrogen) atoms. The Morgan fingerprint density at radius 3 is 1.38 bits per heavy atom. The molecule has 1 unspecified atom stereocenters. The highest BCUT2D eigenvalue weighted by Gasteiger charge is 2.58. The summed E-state index contributed by atoms with van der Waals surface area (Å²) in [7, 11) is 0. The van der Waals surface area contributed by atoms with E-state index in [0.29, 0.717) is 4.90 Å². The van der Waals surface area contributed by atoms with Crippen molar-refractivity contribution >= 4 is 59.6 Å². The number of hydrogen-bond acceptors (Lipinski definition) is 12. The van der Waals surface area contributed by atoms with E-state index in [1.54, 1.807) is 46.0 Å². The second-order valence-electron chi connectivity index (χ2n) is 16.8. The zero-order chi connectivity index (χ0) is 50.0. The molecule has 0 bridgehead atoms. The fourth-order valence-corrected chi connectivity index (χ4v) is 5.76. The molecule has 10 amide bonds. The predicted octanol–water partition coefficient (Wildman–Crippen LogP) is 5.40. The monoisotopic (exact) mass is 924 g/mol. The van der Waals surface area contributed by atoms with Crippen LogP contribution in [0.15, 0.2) is 60.7 Å². The van der Waals surface area contributed by atoms with Crippen molar-refractivity contribution in [1.29, 1.82) is 0 Å². The zero-order valence-electron chi connectivity index (χ0n) is 37.1. The molecule has 5 N–H and O–H groups in total. The van der Waals surface area contributed by atoms with E-state index in [2.05, 4.69) is 5.32 Å². The highest BCUT2D eigenvalue weighted by molar-refractivity contribution is 6.28. The maximum absolute atomic E-state index is 15.5. The molecule has 2 aliphatic heterocycles. The lowest BCUT2D eigenvalue weighted by Crippen LogP contribution is -2.64. The normalized spacial score (nSPS) is 16.8. The van der Waals surface area contributed by atoms with Crippen LogP contribution in [0.5, 0.6) is 0 Å². The van der Waals surface area contributed by atoms with Crippen LogP contribution in [0.1, 0.15) is 98.9 Å². The average molecular weight is 925 g/mol. The number of aliphatic carboxylic acids is 1. The minimum Gasteiger partial charge on any atom is -0.477 e. The standard InChI is InChI=1S/C21H25F2N3O6.C14H17F2NO4.C7H10N2O3/c1-11(2)26-17(29)13(16(28)25-18(26)30)15(27)21(22,23)14(12-9-7-6-8-10-12)24-19(31)32-20(3,4)5;1-13(2,3)21-12(20)17-10(14(15,16)11(18)19)9-7-5-4-6-8-9;1-4(2)9-6(11)3-5(10)8-7(9)12/h6-11,13-14H,1-5H3,(H,24,31)(H,25,28,30);4-8,10H,1-3H3,(H,17,20)(H,18,19);4H,3H2,1-2H3,(H,8,10,12)/t13?,14-;10-;/m00./s1. The number of imide groups is 4. The van der Waals surface area contributed by atoms with Gasteiger partial charge in [0.1, 0.15) is 29.7 Å². The number of nitrogens with zero attached hydrogens (tertiary/aromatic N) is 2. The number of halogens is 4. The topological polar surface area (TPSA) is 264 Å². The van der Waals surface area contributed by atoms with E-state index in [9.17, 15) is 56.7 Å². The molecular formula is C42H52F4N6O13. The van der Waals surface area contributed by atoms with Crippen LogP contribution >= 0.6 is 0 Å². The summed E-state index contributed by atoms with van der Waals surface area (Å²) in [6.07, 6.45) is -2.57. The van der Waals surface area contributed by atoms with Gasteiger partial charge in [-0.05, 0) is 80.4 Å². The van der Waals surface area contributed by atoms with Crippen LogP contribution in [0.4, 0.5) is 36.7 Å². The molecule has 23 heteroatoms. The average Bonchev–Trinajstić information content (AvgIpc) is 3.14. The van der Waals surface area contributed by atoms with Gasteiger partial charge in [0.05, 0.1) is 0 Å². The first-order chi connectivity index (χ1) is 29.7. The van der Waals surface area contributed by atoms with E-state index in [1.165, 1.54) is 89.2 Å². The number of Topliss-reactive ketones (excluding diaryl/α,β-unsaturated/α-hetero) is 1. The number of barbiturate groups is 2. The van der Waals surface area contributed by atoms with Crippen molar-refractivity contribution in [3.8, 4) is 0 Å². The molecule has 2 heterocycles. The SMILES string of the molecule is CC(C)(C)OC(=O)N[C@@H](c1ccccc1)C(F)(F)C(=O)O.CC(C)N1C(=O)CC(=O)NC1=O.CC(C)N1C(=O)NC(=O)C(C(=O)C(F)(F)[C@@H](NC(=O)OC(C)(C)C)c2ccccc2)C1=O. The van der Waals surface area contributed by atoms with E-state index in [-0.39, 0.29) is 23.6 Å². The molecule has 356 valence electrons. The summed E-state index contributed by atoms with van der Waals surface area (Å²) in [6.45, 7) is 15.5. The Bertz CT molecular complexity index is 2110. The number of amides is 10. The van der Waals surface area contributed by atoms with Crippen molar-refractivity contribution in [1.82, 2.24) is 31.1 Å². The summed E-state index contributed by atoms with van der Waals surface area (Å²) >= 11 is 0. The summed E-state index contributed by atoms with van der Waals surface area (Å²) in [4.78, 5) is 119. The highest BCUT2D eigenvalue weighted by atomic mass is 19.3. The Kier molecular flexibility index (Phi) is 18.0. The molecule has 0 aromatic heterocycles. The number of carboxylic acid groups (broad SMARTS) is 1. The minimum atomic E-state index is -4.40. The number of rotatable bonds is 11. The molecule has 2 aliphatic rings. The number of benzene rings is 2. The third-order valence-corrected chi connectivity index (χ3v) is 8.46. The Morgan fingerprint density at radius 1 is 0.646 bits per heavy atom. The molecule has 2 aromatic carbocycles. The number of urea groups is 2. The molecule has 2 aromatic rings. The van der Waals surface area contributed by atoms with Gasteiger partial charge in [0.15, 0.2) is 5.92 Å². The number of ketones is 1. The smallest absolute Gasteiger partial charge is 0.408 e. The Labute approximate surface area is 370 Å². The third kappa shape index (κ3) is 15.1. The van der Waals surface area contributed by atoms with Crippen LogP contribution in [0.3, 0.4) is 0 Å². The first kappa shape index (κ1) is 54.2. The van der Waals surface area contributed by atoms with Gasteiger partial charge in [-0.25, -0.2) is 24.0 Å². The van der Waals surface area contributed by atoms with Gasteiger partial charge in [-0.3, -0.25) is 44.4 Å². The van der Waals surface area contributed by atoms with Gasteiger partial charge in [-0.15, -0.1) is 0 Å². The fourth-order valence-electron chi connectivity index (χ4n) is 5.76. The molecule has 3 atom stereocenters. The van der Waals surface area contributed by atoms with Crippen LogP contribution in [0.2, 0.25) is 0 Å². The zero-order valence-corrected chi connectivity index (χ0v) is 37.1. The minimum absolute atomic E-state index is 0.0317. The summed E-state index contributed by atoms with van der Waals surface area (Å²) in [5.74, 6) is -19.2. The van der Waals surface area contributed by atoms with E-state index in [1.807, 2.05) is 10.6 Å². The quantitative estimate of drug-likeness (QED) is 0.140. The molecule has 0 aliphatic carbocycles. The molecule has 19 nitrogen and oxygen atoms in total. The fraction of sp³-hybridized carbons (Fsp3) is 0.476. The lowest BCUT2D eigenvalue weighted by molar-refractivity contribution is -0.169. The molecular weight excluding hydrogens is 872 g/mol. The first-order valence-electron chi connectivity index (χ1n) is 19.7. The van der Waals surface area contributed by atoms with Crippen molar-refractivity contribution in [3.05, 3.63) is 71.8 Å². The van der Waals surface area contributed by atoms with Crippen LogP contribution in [0.25, 0.3) is 0 Å². The van der Waals surface area contributed by atoms with E-state index in [4.69, 9.17) is 14.6 Å². The Morgan fingerprint density at radius 2 is 1.03 bits per heavy atom. The van der Waals surface area contributed by atoms with Crippen molar-refractivity contribution in [2.45, 2.75) is 123 Å². The summed E-state index contributed by atoms with van der Waals surface area (Å²) in [6, 6.07) is 7.02. The number of ether oxygens (including phenoxy) is 2. The lowest BCUT2D eigenvalue weighted by Gasteiger charge is -2.35.